The van der Waals surface area contributed by atoms with E-state index in [0.29, 0.717) is 57.6 Å². The summed E-state index contributed by atoms with van der Waals surface area (Å²) in [6.07, 6.45) is 0.908. The number of rotatable bonds is 8. The largest absolute Gasteiger partial charge is 0.497 e. The van der Waals surface area contributed by atoms with E-state index in [9.17, 15) is 9.59 Å². The molecule has 2 aromatic carbocycles. The fourth-order valence-corrected chi connectivity index (χ4v) is 3.19. The highest BCUT2D eigenvalue weighted by atomic mass is 16.5. The molecule has 32 heavy (non-hydrogen) atoms. The summed E-state index contributed by atoms with van der Waals surface area (Å²) in [4.78, 5) is 25.3. The number of furan rings is 1. The molecule has 0 aliphatic rings. The molecule has 0 fully saturated rings. The van der Waals surface area contributed by atoms with Gasteiger partial charge in [0.25, 0.3) is 11.8 Å². The number of hydrogen-bond donors (Lipinski definition) is 2. The van der Waals surface area contributed by atoms with Crippen molar-refractivity contribution in [3.05, 3.63) is 53.3 Å². The molecule has 0 aliphatic carbocycles. The van der Waals surface area contributed by atoms with Gasteiger partial charge in [-0.25, -0.2) is 0 Å². The highest BCUT2D eigenvalue weighted by Gasteiger charge is 2.20. The molecule has 0 radical (unpaired) electrons. The average Bonchev–Trinajstić information content (AvgIpc) is 3.11. The molecule has 8 nitrogen and oxygen atoms in total. The number of nitrogens with one attached hydrogen (secondary N) is 2. The zero-order valence-electron chi connectivity index (χ0n) is 18.9. The third kappa shape index (κ3) is 5.14. The van der Waals surface area contributed by atoms with Crippen molar-refractivity contribution in [3.63, 3.8) is 0 Å². The van der Waals surface area contributed by atoms with E-state index in [0.717, 1.165) is 6.42 Å². The highest BCUT2D eigenvalue weighted by molar-refractivity contribution is 6.08. The summed E-state index contributed by atoms with van der Waals surface area (Å²) in [6.45, 7) is 6.48. The standard InChI is InChI=1S/C24H28N2O6/c1-14(2)10-11-31-20-8-6-16(12-21(20)30-5)23(27)25-26-24(28)22-15(3)32-19-9-7-17(29-4)13-18(19)22/h6-9,12-14H,10-11H2,1-5H3,(H,25,27)(H,26,28). The third-order valence-corrected chi connectivity index (χ3v) is 4.97. The van der Waals surface area contributed by atoms with E-state index in [1.165, 1.54) is 7.11 Å². The molecule has 0 aliphatic heterocycles. The van der Waals surface area contributed by atoms with Gasteiger partial charge in [0.1, 0.15) is 17.1 Å². The van der Waals surface area contributed by atoms with Crippen LogP contribution in [-0.4, -0.2) is 32.6 Å². The molecular weight excluding hydrogens is 412 g/mol. The second kappa shape index (κ2) is 10.1. The lowest BCUT2D eigenvalue weighted by atomic mass is 10.1. The number of fused-ring (bicyclic) bond motifs is 1. The molecule has 0 saturated heterocycles. The Morgan fingerprint density at radius 1 is 0.969 bits per heavy atom. The Labute approximate surface area is 186 Å². The smallest absolute Gasteiger partial charge is 0.273 e. The number of carbonyl (C=O) groups excluding carboxylic acids is 2. The van der Waals surface area contributed by atoms with E-state index < -0.39 is 11.8 Å². The SMILES string of the molecule is COc1ccc2oc(C)c(C(=O)NNC(=O)c3ccc(OCCC(C)C)c(OC)c3)c2c1. The molecule has 1 aromatic heterocycles. The molecule has 0 bridgehead atoms. The lowest BCUT2D eigenvalue weighted by Gasteiger charge is -2.13. The van der Waals surface area contributed by atoms with Gasteiger partial charge in [0.05, 0.1) is 26.4 Å². The molecule has 3 aromatic rings. The number of hydrazine groups is 1. The van der Waals surface area contributed by atoms with Gasteiger partial charge in [-0.05, 0) is 55.7 Å². The molecule has 2 N–H and O–H groups in total. The molecule has 0 spiro atoms. The van der Waals surface area contributed by atoms with Crippen molar-refractivity contribution in [2.24, 2.45) is 5.92 Å². The van der Waals surface area contributed by atoms with Crippen molar-refractivity contribution in [2.75, 3.05) is 20.8 Å². The second-order valence-corrected chi connectivity index (χ2v) is 7.70. The highest BCUT2D eigenvalue weighted by Crippen LogP contribution is 2.30. The lowest BCUT2D eigenvalue weighted by Crippen LogP contribution is -2.41. The van der Waals surface area contributed by atoms with Crippen LogP contribution in [0.25, 0.3) is 11.0 Å². The molecule has 0 atom stereocenters. The van der Waals surface area contributed by atoms with Crippen molar-refractivity contribution in [2.45, 2.75) is 27.2 Å². The van der Waals surface area contributed by atoms with Crippen molar-refractivity contribution < 1.29 is 28.2 Å². The molecule has 3 rings (SSSR count). The summed E-state index contributed by atoms with van der Waals surface area (Å²) < 4.78 is 22.0. The first-order valence-electron chi connectivity index (χ1n) is 10.3. The molecule has 0 saturated carbocycles. The zero-order chi connectivity index (χ0) is 23.3. The fourth-order valence-electron chi connectivity index (χ4n) is 3.19. The Morgan fingerprint density at radius 3 is 2.41 bits per heavy atom. The fraction of sp³-hybridized carbons (Fsp3) is 0.333. The predicted octanol–water partition coefficient (Wildman–Crippen LogP) is 4.26. The van der Waals surface area contributed by atoms with E-state index in [2.05, 4.69) is 24.7 Å². The predicted molar refractivity (Wildman–Crippen MR) is 120 cm³/mol. The van der Waals surface area contributed by atoms with Crippen LogP contribution in [0.2, 0.25) is 0 Å². The van der Waals surface area contributed by atoms with Gasteiger partial charge in [0, 0.05) is 10.9 Å². The minimum absolute atomic E-state index is 0.314. The quantitative estimate of drug-likeness (QED) is 0.508. The first-order valence-corrected chi connectivity index (χ1v) is 10.3. The van der Waals surface area contributed by atoms with Crippen LogP contribution in [-0.2, 0) is 0 Å². The van der Waals surface area contributed by atoms with E-state index in [1.807, 2.05) is 0 Å². The summed E-state index contributed by atoms with van der Waals surface area (Å²) in [5, 5.41) is 0.596. The molecular formula is C24H28N2O6. The first-order chi connectivity index (χ1) is 15.3. The molecule has 0 unspecified atom stereocenters. The van der Waals surface area contributed by atoms with Crippen molar-refractivity contribution >= 4 is 22.8 Å². The number of methoxy groups -OCH3 is 2. The van der Waals surface area contributed by atoms with Crippen LogP contribution in [0.3, 0.4) is 0 Å². The van der Waals surface area contributed by atoms with Gasteiger partial charge in [0.15, 0.2) is 11.5 Å². The Morgan fingerprint density at radius 2 is 1.72 bits per heavy atom. The van der Waals surface area contributed by atoms with E-state index in [4.69, 9.17) is 18.6 Å². The monoisotopic (exact) mass is 440 g/mol. The van der Waals surface area contributed by atoms with E-state index in [-0.39, 0.29) is 0 Å². The topological polar surface area (TPSA) is 99.0 Å². The van der Waals surface area contributed by atoms with Crippen molar-refractivity contribution in [3.8, 4) is 17.2 Å². The number of hydrogen-bond acceptors (Lipinski definition) is 6. The van der Waals surface area contributed by atoms with Crippen molar-refractivity contribution in [1.29, 1.82) is 0 Å². The Bertz CT molecular complexity index is 1120. The summed E-state index contributed by atoms with van der Waals surface area (Å²) in [5.74, 6) is 1.56. The van der Waals surface area contributed by atoms with Gasteiger partial charge in [-0.3, -0.25) is 20.4 Å². The molecule has 1 heterocycles. The van der Waals surface area contributed by atoms with Gasteiger partial charge >= 0.3 is 0 Å². The van der Waals surface area contributed by atoms with Gasteiger partial charge in [0.2, 0.25) is 0 Å². The lowest BCUT2D eigenvalue weighted by molar-refractivity contribution is 0.0846. The van der Waals surface area contributed by atoms with Gasteiger partial charge in [-0.2, -0.15) is 0 Å². The summed E-state index contributed by atoms with van der Waals surface area (Å²) in [6, 6.07) is 10.0. The first kappa shape index (κ1) is 23.0. The van der Waals surface area contributed by atoms with Crippen LogP contribution in [0.15, 0.2) is 40.8 Å². The van der Waals surface area contributed by atoms with Crippen molar-refractivity contribution in [1.82, 2.24) is 10.9 Å². The summed E-state index contributed by atoms with van der Waals surface area (Å²) >= 11 is 0. The average molecular weight is 440 g/mol. The van der Waals surface area contributed by atoms with Gasteiger partial charge in [-0.1, -0.05) is 13.8 Å². The summed E-state index contributed by atoms with van der Waals surface area (Å²) in [5.41, 5.74) is 6.06. The maximum absolute atomic E-state index is 12.8. The van der Waals surface area contributed by atoms with Crippen LogP contribution in [0.5, 0.6) is 17.2 Å². The number of amides is 2. The second-order valence-electron chi connectivity index (χ2n) is 7.70. The molecule has 8 heteroatoms. The summed E-state index contributed by atoms with van der Waals surface area (Å²) in [7, 11) is 3.05. The van der Waals surface area contributed by atoms with Crippen LogP contribution >= 0.6 is 0 Å². The van der Waals surface area contributed by atoms with Crippen LogP contribution in [0, 0.1) is 12.8 Å². The van der Waals surface area contributed by atoms with E-state index >= 15 is 0 Å². The third-order valence-electron chi connectivity index (χ3n) is 4.97. The van der Waals surface area contributed by atoms with Gasteiger partial charge < -0.3 is 18.6 Å². The Balaban J connectivity index is 1.70. The molecule has 2 amide bonds. The Kier molecular flexibility index (Phi) is 7.25. The maximum atomic E-state index is 12.8. The number of aryl methyl sites for hydroxylation is 1. The molecule has 170 valence electrons. The number of benzene rings is 2. The number of ether oxygens (including phenoxy) is 3. The van der Waals surface area contributed by atoms with E-state index in [1.54, 1.807) is 50.4 Å². The van der Waals surface area contributed by atoms with Crippen LogP contribution in [0.4, 0.5) is 0 Å². The number of carbonyl (C=O) groups is 2. The minimum Gasteiger partial charge on any atom is -0.497 e. The van der Waals surface area contributed by atoms with Gasteiger partial charge in [-0.15, -0.1) is 0 Å². The minimum atomic E-state index is -0.497. The van der Waals surface area contributed by atoms with Crippen LogP contribution in [0.1, 0.15) is 46.7 Å². The van der Waals surface area contributed by atoms with Crippen LogP contribution < -0.4 is 25.1 Å². The maximum Gasteiger partial charge on any atom is 0.273 e. The normalized spacial score (nSPS) is 10.8. The Hall–Kier alpha value is -3.68. The zero-order valence-corrected chi connectivity index (χ0v) is 18.9.